The molecule has 1 aromatic rings. The Labute approximate surface area is 154 Å². The van der Waals surface area contributed by atoms with Crippen LogP contribution < -0.4 is 10.1 Å². The number of carbonyl (C=O) groups is 1. The highest BCUT2D eigenvalue weighted by atomic mass is 16.5. The summed E-state index contributed by atoms with van der Waals surface area (Å²) in [7, 11) is 1.63. The van der Waals surface area contributed by atoms with Crippen molar-refractivity contribution in [2.75, 3.05) is 13.7 Å². The summed E-state index contributed by atoms with van der Waals surface area (Å²) in [6, 6.07) is 7.97. The second-order valence-electron chi connectivity index (χ2n) is 7.01. The van der Waals surface area contributed by atoms with E-state index in [0.717, 1.165) is 23.3 Å². The number of guanidine groups is 1. The predicted molar refractivity (Wildman–Crippen MR) is 104 cm³/mol. The van der Waals surface area contributed by atoms with E-state index in [4.69, 9.17) is 10.1 Å². The lowest BCUT2D eigenvalue weighted by atomic mass is 9.76. The highest BCUT2D eigenvalue weighted by Crippen LogP contribution is 2.35. The fourth-order valence-corrected chi connectivity index (χ4v) is 3.42. The SMILES string of the molecule is C=CCOc1cccc(C2=CC([C@]3(C)CC(=O)N(C)C(=N)N3)CC=C2)c1. The summed E-state index contributed by atoms with van der Waals surface area (Å²) in [6.45, 7) is 6.17. The van der Waals surface area contributed by atoms with Gasteiger partial charge in [0.1, 0.15) is 12.4 Å². The van der Waals surface area contributed by atoms with Gasteiger partial charge in [0.2, 0.25) is 5.91 Å². The molecule has 0 spiro atoms. The second-order valence-corrected chi connectivity index (χ2v) is 7.01. The van der Waals surface area contributed by atoms with Crippen LogP contribution in [0.2, 0.25) is 0 Å². The molecule has 5 nitrogen and oxygen atoms in total. The maximum absolute atomic E-state index is 12.2. The minimum Gasteiger partial charge on any atom is -0.490 e. The smallest absolute Gasteiger partial charge is 0.231 e. The van der Waals surface area contributed by atoms with Gasteiger partial charge in [-0.15, -0.1) is 0 Å². The lowest BCUT2D eigenvalue weighted by Crippen LogP contribution is -2.62. The fraction of sp³-hybridized carbons (Fsp3) is 0.333. The first-order chi connectivity index (χ1) is 12.4. The van der Waals surface area contributed by atoms with Gasteiger partial charge in [-0.2, -0.15) is 0 Å². The van der Waals surface area contributed by atoms with Gasteiger partial charge in [0.25, 0.3) is 0 Å². The third-order valence-electron chi connectivity index (χ3n) is 5.05. The number of amides is 1. The normalized spacial score (nSPS) is 25.5. The second kappa shape index (κ2) is 7.20. The van der Waals surface area contributed by atoms with Crippen molar-refractivity contribution in [1.29, 1.82) is 5.41 Å². The Morgan fingerprint density at radius 3 is 3.04 bits per heavy atom. The first-order valence-electron chi connectivity index (χ1n) is 8.79. The minimum absolute atomic E-state index is 0.0272. The third-order valence-corrected chi connectivity index (χ3v) is 5.05. The zero-order valence-electron chi connectivity index (χ0n) is 15.3. The zero-order valence-corrected chi connectivity index (χ0v) is 15.3. The number of ether oxygens (including phenoxy) is 1. The molecule has 136 valence electrons. The molecule has 2 aliphatic rings. The molecule has 5 heteroatoms. The molecule has 1 fully saturated rings. The van der Waals surface area contributed by atoms with Gasteiger partial charge in [-0.3, -0.25) is 15.1 Å². The van der Waals surface area contributed by atoms with Gasteiger partial charge < -0.3 is 10.1 Å². The van der Waals surface area contributed by atoms with E-state index >= 15 is 0 Å². The van der Waals surface area contributed by atoms with Gasteiger partial charge in [0.15, 0.2) is 5.96 Å². The van der Waals surface area contributed by atoms with Gasteiger partial charge in [0, 0.05) is 13.0 Å². The number of hydrogen-bond acceptors (Lipinski definition) is 3. The van der Waals surface area contributed by atoms with Crippen molar-refractivity contribution in [3.63, 3.8) is 0 Å². The van der Waals surface area contributed by atoms with E-state index in [-0.39, 0.29) is 17.8 Å². The summed E-state index contributed by atoms with van der Waals surface area (Å²) in [5.74, 6) is 1.06. The van der Waals surface area contributed by atoms with E-state index in [1.165, 1.54) is 4.90 Å². The van der Waals surface area contributed by atoms with E-state index < -0.39 is 5.54 Å². The van der Waals surface area contributed by atoms with Crippen molar-refractivity contribution < 1.29 is 9.53 Å². The van der Waals surface area contributed by atoms with Crippen LogP contribution in [0.25, 0.3) is 5.57 Å². The molecule has 0 aromatic heterocycles. The van der Waals surface area contributed by atoms with E-state index in [1.807, 2.05) is 25.1 Å². The number of benzene rings is 1. The number of nitrogens with zero attached hydrogens (tertiary/aromatic N) is 1. The van der Waals surface area contributed by atoms with Crippen LogP contribution in [0.4, 0.5) is 0 Å². The van der Waals surface area contributed by atoms with E-state index in [9.17, 15) is 4.79 Å². The van der Waals surface area contributed by atoms with Crippen LogP contribution in [0.15, 0.2) is 55.1 Å². The number of hydrogen-bond donors (Lipinski definition) is 2. The Bertz CT molecular complexity index is 776. The van der Waals surface area contributed by atoms with Crippen LogP contribution in [0, 0.1) is 11.3 Å². The quantitative estimate of drug-likeness (QED) is 0.800. The van der Waals surface area contributed by atoms with Gasteiger partial charge in [-0.05, 0) is 36.6 Å². The maximum atomic E-state index is 12.2. The van der Waals surface area contributed by atoms with Crippen molar-refractivity contribution in [3.05, 3.63) is 60.7 Å². The van der Waals surface area contributed by atoms with Gasteiger partial charge in [0.05, 0.1) is 12.0 Å². The van der Waals surface area contributed by atoms with E-state index in [1.54, 1.807) is 13.1 Å². The Morgan fingerprint density at radius 2 is 2.31 bits per heavy atom. The summed E-state index contributed by atoms with van der Waals surface area (Å²) in [4.78, 5) is 13.6. The first-order valence-corrected chi connectivity index (χ1v) is 8.79. The summed E-state index contributed by atoms with van der Waals surface area (Å²) in [5, 5.41) is 11.3. The predicted octanol–water partition coefficient (Wildman–Crippen LogP) is 3.36. The average Bonchev–Trinajstić information content (AvgIpc) is 2.65. The molecule has 1 saturated heterocycles. The van der Waals surface area contributed by atoms with Crippen LogP contribution in [0.3, 0.4) is 0 Å². The summed E-state index contributed by atoms with van der Waals surface area (Å²) >= 11 is 0. The average molecular weight is 351 g/mol. The fourth-order valence-electron chi connectivity index (χ4n) is 3.42. The van der Waals surface area contributed by atoms with Crippen LogP contribution in [-0.2, 0) is 4.79 Å². The minimum atomic E-state index is -0.465. The summed E-state index contributed by atoms with van der Waals surface area (Å²) < 4.78 is 5.63. The Hall–Kier alpha value is -2.82. The highest BCUT2D eigenvalue weighted by molar-refractivity contribution is 5.98. The lowest BCUT2D eigenvalue weighted by Gasteiger charge is -2.44. The Morgan fingerprint density at radius 1 is 1.50 bits per heavy atom. The van der Waals surface area contributed by atoms with Crippen molar-refractivity contribution in [2.45, 2.75) is 25.3 Å². The Balaban J connectivity index is 1.85. The monoisotopic (exact) mass is 351 g/mol. The van der Waals surface area contributed by atoms with E-state index in [2.05, 4.69) is 36.2 Å². The number of nitrogens with one attached hydrogen (secondary N) is 2. The van der Waals surface area contributed by atoms with Crippen molar-refractivity contribution in [1.82, 2.24) is 10.2 Å². The molecule has 26 heavy (non-hydrogen) atoms. The molecule has 0 saturated carbocycles. The third kappa shape index (κ3) is 3.57. The molecule has 0 bridgehead atoms. The van der Waals surface area contributed by atoms with E-state index in [0.29, 0.717) is 13.0 Å². The van der Waals surface area contributed by atoms with Crippen LogP contribution in [-0.4, -0.2) is 36.0 Å². The molecule has 1 aromatic carbocycles. The molecule has 1 unspecified atom stereocenters. The molecule has 1 aliphatic heterocycles. The molecule has 1 amide bonds. The molecule has 2 N–H and O–H groups in total. The summed E-state index contributed by atoms with van der Waals surface area (Å²) in [5.41, 5.74) is 1.71. The molecular weight excluding hydrogens is 326 g/mol. The van der Waals surface area contributed by atoms with Crippen LogP contribution in [0.5, 0.6) is 5.75 Å². The molecule has 2 atom stereocenters. The Kier molecular flexibility index (Phi) is 4.98. The zero-order chi connectivity index (χ0) is 18.7. The highest BCUT2D eigenvalue weighted by Gasteiger charge is 2.41. The molecule has 1 aliphatic carbocycles. The number of carbonyl (C=O) groups excluding carboxylic acids is 1. The maximum Gasteiger partial charge on any atom is 0.231 e. The van der Waals surface area contributed by atoms with Crippen LogP contribution in [0.1, 0.15) is 25.3 Å². The largest absolute Gasteiger partial charge is 0.490 e. The first kappa shape index (κ1) is 18.0. The molecule has 0 radical (unpaired) electrons. The molecular formula is C21H25N3O2. The van der Waals surface area contributed by atoms with Crippen molar-refractivity contribution in [2.24, 2.45) is 5.92 Å². The topological polar surface area (TPSA) is 65.4 Å². The molecule has 1 heterocycles. The van der Waals surface area contributed by atoms with Gasteiger partial charge >= 0.3 is 0 Å². The van der Waals surface area contributed by atoms with Crippen LogP contribution >= 0.6 is 0 Å². The molecule has 3 rings (SSSR count). The number of rotatable bonds is 5. The van der Waals surface area contributed by atoms with Crippen molar-refractivity contribution in [3.8, 4) is 5.75 Å². The summed E-state index contributed by atoms with van der Waals surface area (Å²) in [6.07, 6.45) is 9.37. The van der Waals surface area contributed by atoms with Crippen molar-refractivity contribution >= 4 is 17.4 Å². The standard InChI is InChI=1S/C21H25N3O2/c1-4-11-26-18-10-6-8-16(13-18)15-7-5-9-17(12-15)21(2)14-19(25)24(3)20(22)23-21/h4-8,10,12-13,17H,1,9,11,14H2,2-3H3,(H2,22,23)/t17?,21-/m0/s1. The van der Waals surface area contributed by atoms with Gasteiger partial charge in [-0.25, -0.2) is 0 Å². The number of allylic oxidation sites excluding steroid dienone is 3. The lowest BCUT2D eigenvalue weighted by molar-refractivity contribution is -0.129. The van der Waals surface area contributed by atoms with Gasteiger partial charge in [-0.1, -0.05) is 43.0 Å².